The van der Waals surface area contributed by atoms with Crippen LogP contribution in [-0.4, -0.2) is 42.0 Å². The third kappa shape index (κ3) is 3.68. The van der Waals surface area contributed by atoms with Gasteiger partial charge in [0, 0.05) is 24.1 Å². The van der Waals surface area contributed by atoms with Crippen molar-refractivity contribution in [3.05, 3.63) is 59.2 Å². The predicted octanol–water partition coefficient (Wildman–Crippen LogP) is 4.23. The second-order valence-corrected chi connectivity index (χ2v) is 7.97. The summed E-state index contributed by atoms with van der Waals surface area (Å²) >= 11 is 0. The maximum absolute atomic E-state index is 13.1. The molecule has 0 radical (unpaired) electrons. The number of benzene rings is 2. The first-order valence-corrected chi connectivity index (χ1v) is 9.95. The van der Waals surface area contributed by atoms with Crippen LogP contribution in [0.25, 0.3) is 0 Å². The number of alkyl halides is 3. The topological polar surface area (TPSA) is 60.4 Å². The molecule has 0 saturated carbocycles. The van der Waals surface area contributed by atoms with Crippen molar-refractivity contribution in [2.24, 2.45) is 5.16 Å². The number of carbonyl (C=O) groups excluding carboxylic acids is 1. The molecule has 1 atom stereocenters. The van der Waals surface area contributed by atoms with E-state index in [1.54, 1.807) is 29.2 Å². The molecule has 1 unspecified atom stereocenters. The van der Waals surface area contributed by atoms with Crippen molar-refractivity contribution >= 4 is 11.6 Å². The number of likely N-dealkylation sites (tertiary alicyclic amines) is 1. The maximum atomic E-state index is 13.1. The van der Waals surface area contributed by atoms with Crippen LogP contribution in [0.15, 0.2) is 47.6 Å². The van der Waals surface area contributed by atoms with Gasteiger partial charge in [-0.05, 0) is 43.2 Å². The van der Waals surface area contributed by atoms with Crippen LogP contribution in [0.4, 0.5) is 13.2 Å². The zero-order valence-corrected chi connectivity index (χ0v) is 16.4. The van der Waals surface area contributed by atoms with Crippen LogP contribution in [0.5, 0.6) is 11.5 Å². The van der Waals surface area contributed by atoms with Crippen molar-refractivity contribution in [2.75, 3.05) is 19.9 Å². The summed E-state index contributed by atoms with van der Waals surface area (Å²) < 4.78 is 49.8. The van der Waals surface area contributed by atoms with Gasteiger partial charge >= 0.3 is 6.18 Å². The lowest BCUT2D eigenvalue weighted by Gasteiger charge is -2.38. The Balaban J connectivity index is 1.31. The van der Waals surface area contributed by atoms with Gasteiger partial charge in [0.1, 0.15) is 0 Å². The minimum absolute atomic E-state index is 0.128. The fourth-order valence-electron chi connectivity index (χ4n) is 4.25. The average Bonchev–Trinajstić information content (AvgIpc) is 3.39. The van der Waals surface area contributed by atoms with Gasteiger partial charge in [-0.15, -0.1) is 0 Å². The van der Waals surface area contributed by atoms with E-state index in [0.717, 1.165) is 12.1 Å². The number of amides is 1. The molecular formula is C22H19F3N2O4. The highest BCUT2D eigenvalue weighted by Gasteiger charge is 2.45. The van der Waals surface area contributed by atoms with Crippen LogP contribution in [0, 0.1) is 0 Å². The van der Waals surface area contributed by atoms with E-state index in [1.165, 1.54) is 6.07 Å². The number of ether oxygens (including phenoxy) is 2. The summed E-state index contributed by atoms with van der Waals surface area (Å²) in [5, 5.41) is 4.09. The Bertz CT molecular complexity index is 1070. The quantitative estimate of drug-likeness (QED) is 0.713. The number of nitrogens with zero attached hydrogens (tertiary/aromatic N) is 2. The number of halogens is 3. The number of hydrogen-bond acceptors (Lipinski definition) is 5. The summed E-state index contributed by atoms with van der Waals surface area (Å²) in [6.07, 6.45) is -2.70. The lowest BCUT2D eigenvalue weighted by Crippen LogP contribution is -2.50. The van der Waals surface area contributed by atoms with Crippen LogP contribution in [0.3, 0.4) is 0 Å². The molecular weight excluding hydrogens is 413 g/mol. The van der Waals surface area contributed by atoms with Crippen molar-refractivity contribution in [2.45, 2.75) is 31.0 Å². The smallest absolute Gasteiger partial charge is 0.416 e. The van der Waals surface area contributed by atoms with Gasteiger partial charge in [-0.1, -0.05) is 17.3 Å². The molecule has 1 spiro atoms. The SMILES string of the molecule is O=C(c1ccc2c(c1)OCO2)N1CCCC2(CC(c3cccc(C(F)(F)F)c3)=NO2)C1. The molecule has 5 rings (SSSR count). The van der Waals surface area contributed by atoms with Gasteiger partial charge in [0.25, 0.3) is 5.91 Å². The molecule has 2 aromatic carbocycles. The molecule has 0 aliphatic carbocycles. The first-order chi connectivity index (χ1) is 14.8. The molecule has 3 heterocycles. The molecule has 0 bridgehead atoms. The van der Waals surface area contributed by atoms with Crippen LogP contribution in [-0.2, 0) is 11.0 Å². The summed E-state index contributed by atoms with van der Waals surface area (Å²) in [6.45, 7) is 1.01. The summed E-state index contributed by atoms with van der Waals surface area (Å²) in [4.78, 5) is 20.5. The van der Waals surface area contributed by atoms with E-state index < -0.39 is 17.3 Å². The molecule has 2 aromatic rings. The van der Waals surface area contributed by atoms with Gasteiger partial charge in [0.15, 0.2) is 17.1 Å². The molecule has 1 saturated heterocycles. The summed E-state index contributed by atoms with van der Waals surface area (Å²) in [5.74, 6) is 0.975. The largest absolute Gasteiger partial charge is 0.454 e. The Morgan fingerprint density at radius 2 is 1.94 bits per heavy atom. The van der Waals surface area contributed by atoms with Crippen LogP contribution >= 0.6 is 0 Å². The highest BCUT2D eigenvalue weighted by molar-refractivity contribution is 6.02. The van der Waals surface area contributed by atoms with Gasteiger partial charge in [0.05, 0.1) is 17.8 Å². The molecule has 0 N–H and O–H groups in total. The first kappa shape index (κ1) is 19.7. The molecule has 1 amide bonds. The van der Waals surface area contributed by atoms with Gasteiger partial charge < -0.3 is 19.2 Å². The van der Waals surface area contributed by atoms with Crippen molar-refractivity contribution < 1.29 is 32.3 Å². The lowest BCUT2D eigenvalue weighted by atomic mass is 9.86. The Kier molecular flexibility index (Phi) is 4.56. The molecule has 3 aliphatic rings. The fraction of sp³-hybridized carbons (Fsp3) is 0.364. The average molecular weight is 432 g/mol. The van der Waals surface area contributed by atoms with Gasteiger partial charge in [-0.2, -0.15) is 13.2 Å². The third-order valence-corrected chi connectivity index (χ3v) is 5.81. The predicted molar refractivity (Wildman–Crippen MR) is 104 cm³/mol. The van der Waals surface area contributed by atoms with Crippen LogP contribution in [0.2, 0.25) is 0 Å². The molecule has 9 heteroatoms. The monoisotopic (exact) mass is 432 g/mol. The van der Waals surface area contributed by atoms with E-state index in [-0.39, 0.29) is 12.7 Å². The molecule has 31 heavy (non-hydrogen) atoms. The molecule has 0 aromatic heterocycles. The minimum Gasteiger partial charge on any atom is -0.454 e. The molecule has 162 valence electrons. The Morgan fingerprint density at radius 1 is 1.10 bits per heavy atom. The number of hydrogen-bond donors (Lipinski definition) is 0. The number of rotatable bonds is 2. The maximum Gasteiger partial charge on any atom is 0.416 e. The van der Waals surface area contributed by atoms with E-state index >= 15 is 0 Å². The number of piperidine rings is 1. The van der Waals surface area contributed by atoms with Gasteiger partial charge in [-0.3, -0.25) is 4.79 Å². The highest BCUT2D eigenvalue weighted by Crippen LogP contribution is 2.38. The summed E-state index contributed by atoms with van der Waals surface area (Å²) in [7, 11) is 0. The Morgan fingerprint density at radius 3 is 2.77 bits per heavy atom. The zero-order valence-electron chi connectivity index (χ0n) is 16.4. The summed E-state index contributed by atoms with van der Waals surface area (Å²) in [6, 6.07) is 10.1. The van der Waals surface area contributed by atoms with Crippen molar-refractivity contribution in [1.29, 1.82) is 0 Å². The molecule has 3 aliphatic heterocycles. The minimum atomic E-state index is -4.42. The van der Waals surface area contributed by atoms with Gasteiger partial charge in [0.2, 0.25) is 6.79 Å². The zero-order chi connectivity index (χ0) is 21.6. The van der Waals surface area contributed by atoms with E-state index in [2.05, 4.69) is 5.16 Å². The van der Waals surface area contributed by atoms with E-state index in [9.17, 15) is 18.0 Å². The lowest BCUT2D eigenvalue weighted by molar-refractivity contribution is -0.137. The second-order valence-electron chi connectivity index (χ2n) is 7.97. The normalized spacial score (nSPS) is 22.4. The van der Waals surface area contributed by atoms with Gasteiger partial charge in [-0.25, -0.2) is 0 Å². The standard InChI is InChI=1S/C22H19F3N2O4/c23-22(24,25)16-4-1-3-14(9-16)17-11-21(31-26-17)7-2-8-27(12-21)20(28)15-5-6-18-19(10-15)30-13-29-18/h1,3-6,9-10H,2,7-8,11-13H2. The third-order valence-electron chi connectivity index (χ3n) is 5.81. The number of oxime groups is 1. The number of carbonyl (C=O) groups is 1. The second kappa shape index (κ2) is 7.18. The Hall–Kier alpha value is -3.23. The number of fused-ring (bicyclic) bond motifs is 1. The van der Waals surface area contributed by atoms with E-state index in [1.807, 2.05) is 0 Å². The van der Waals surface area contributed by atoms with Crippen LogP contribution in [0.1, 0.15) is 40.7 Å². The van der Waals surface area contributed by atoms with Crippen molar-refractivity contribution in [1.82, 2.24) is 4.90 Å². The Labute approximate surface area is 176 Å². The van der Waals surface area contributed by atoms with Crippen LogP contribution < -0.4 is 9.47 Å². The van der Waals surface area contributed by atoms with E-state index in [0.29, 0.717) is 60.7 Å². The molecule has 1 fully saturated rings. The fourth-order valence-corrected chi connectivity index (χ4v) is 4.25. The summed E-state index contributed by atoms with van der Waals surface area (Å²) in [5.41, 5.74) is -0.127. The van der Waals surface area contributed by atoms with E-state index in [4.69, 9.17) is 14.3 Å². The van der Waals surface area contributed by atoms with Crippen molar-refractivity contribution in [3.8, 4) is 11.5 Å². The van der Waals surface area contributed by atoms with Crippen molar-refractivity contribution in [3.63, 3.8) is 0 Å². The first-order valence-electron chi connectivity index (χ1n) is 9.95. The highest BCUT2D eigenvalue weighted by atomic mass is 19.4. The molecule has 6 nitrogen and oxygen atoms in total.